The van der Waals surface area contributed by atoms with E-state index in [1.165, 1.54) is 0 Å². The van der Waals surface area contributed by atoms with E-state index in [0.717, 1.165) is 6.42 Å². The predicted molar refractivity (Wildman–Crippen MR) is 50.8 cm³/mol. The van der Waals surface area contributed by atoms with Crippen molar-refractivity contribution in [2.45, 2.75) is 12.8 Å². The van der Waals surface area contributed by atoms with Gasteiger partial charge in [0.1, 0.15) is 0 Å². The third-order valence-corrected chi connectivity index (χ3v) is 3.00. The summed E-state index contributed by atoms with van der Waals surface area (Å²) in [5, 5.41) is 0. The van der Waals surface area contributed by atoms with Gasteiger partial charge in [0.05, 0.1) is 5.75 Å². The van der Waals surface area contributed by atoms with E-state index in [-0.39, 0.29) is 5.75 Å². The molecule has 0 bridgehead atoms. The van der Waals surface area contributed by atoms with Gasteiger partial charge in [-0.25, -0.2) is 13.1 Å². The number of hydrogen-bond donors (Lipinski definition) is 2. The average Bonchev–Trinajstić information content (AvgIpc) is 2.01. The third kappa shape index (κ3) is 6.84. The van der Waals surface area contributed by atoms with Crippen LogP contribution in [-0.4, -0.2) is 33.1 Å². The van der Waals surface area contributed by atoms with Gasteiger partial charge in [0.2, 0.25) is 10.0 Å². The molecule has 0 atom stereocenters. The Bertz CT molecular complexity index is 194. The molecule has 6 heteroatoms. The standard InChI is InChI=1S/C6H15ClN2O2S/c7-3-1-2-6-12(10,11)9-5-4-8/h9H,1-6,8H2. The Hall–Kier alpha value is 0.160. The van der Waals surface area contributed by atoms with Gasteiger partial charge in [-0.1, -0.05) is 0 Å². The first-order chi connectivity index (χ1) is 5.62. The van der Waals surface area contributed by atoms with Crippen LogP contribution in [0.25, 0.3) is 0 Å². The van der Waals surface area contributed by atoms with E-state index in [2.05, 4.69) is 4.72 Å². The lowest BCUT2D eigenvalue weighted by Gasteiger charge is -2.03. The Kier molecular flexibility index (Phi) is 6.74. The second-order valence-corrected chi connectivity index (χ2v) is 4.70. The number of rotatable bonds is 7. The summed E-state index contributed by atoms with van der Waals surface area (Å²) in [4.78, 5) is 0. The van der Waals surface area contributed by atoms with Crippen LogP contribution in [0.15, 0.2) is 0 Å². The van der Waals surface area contributed by atoms with Crippen LogP contribution < -0.4 is 10.5 Å². The predicted octanol–water partition coefficient (Wildman–Crippen LogP) is -0.117. The van der Waals surface area contributed by atoms with E-state index >= 15 is 0 Å². The summed E-state index contributed by atoms with van der Waals surface area (Å²) >= 11 is 5.40. The number of alkyl halides is 1. The normalized spacial score (nSPS) is 11.8. The van der Waals surface area contributed by atoms with Gasteiger partial charge in [-0.2, -0.15) is 0 Å². The number of sulfonamides is 1. The highest BCUT2D eigenvalue weighted by atomic mass is 35.5. The summed E-state index contributed by atoms with van der Waals surface area (Å²) in [5.74, 6) is 0.645. The average molecular weight is 215 g/mol. The van der Waals surface area contributed by atoms with E-state index in [0.29, 0.717) is 25.4 Å². The van der Waals surface area contributed by atoms with Crippen LogP contribution in [0.2, 0.25) is 0 Å². The van der Waals surface area contributed by atoms with Crippen LogP contribution in [-0.2, 0) is 10.0 Å². The molecule has 3 N–H and O–H groups in total. The summed E-state index contributed by atoms with van der Waals surface area (Å²) in [6, 6.07) is 0. The topological polar surface area (TPSA) is 72.2 Å². The van der Waals surface area contributed by atoms with Gasteiger partial charge in [-0.15, -0.1) is 11.6 Å². The molecule has 0 aliphatic rings. The van der Waals surface area contributed by atoms with Crippen molar-refractivity contribution in [3.63, 3.8) is 0 Å². The monoisotopic (exact) mass is 214 g/mol. The van der Waals surface area contributed by atoms with Crippen molar-refractivity contribution in [1.82, 2.24) is 4.72 Å². The number of halogens is 1. The molecule has 0 aliphatic heterocycles. The van der Waals surface area contributed by atoms with Crippen molar-refractivity contribution in [3.05, 3.63) is 0 Å². The van der Waals surface area contributed by atoms with Crippen LogP contribution in [0.5, 0.6) is 0 Å². The molecule has 0 heterocycles. The van der Waals surface area contributed by atoms with Crippen molar-refractivity contribution >= 4 is 21.6 Å². The van der Waals surface area contributed by atoms with Gasteiger partial charge in [-0.3, -0.25) is 0 Å². The zero-order valence-electron chi connectivity index (χ0n) is 6.92. The molecule has 0 aromatic carbocycles. The second-order valence-electron chi connectivity index (χ2n) is 2.40. The van der Waals surface area contributed by atoms with Crippen LogP contribution in [0.3, 0.4) is 0 Å². The van der Waals surface area contributed by atoms with Crippen molar-refractivity contribution in [3.8, 4) is 0 Å². The maximum Gasteiger partial charge on any atom is 0.211 e. The van der Waals surface area contributed by atoms with Gasteiger partial charge in [-0.05, 0) is 12.8 Å². The van der Waals surface area contributed by atoms with E-state index in [1.807, 2.05) is 0 Å². The van der Waals surface area contributed by atoms with E-state index in [9.17, 15) is 8.42 Å². The Balaban J connectivity index is 3.58. The lowest BCUT2D eigenvalue weighted by atomic mass is 10.4. The molecule has 0 amide bonds. The summed E-state index contributed by atoms with van der Waals surface area (Å²) in [6.07, 6.45) is 1.33. The van der Waals surface area contributed by atoms with Crippen molar-refractivity contribution in [2.75, 3.05) is 24.7 Å². The minimum absolute atomic E-state index is 0.139. The lowest BCUT2D eigenvalue weighted by molar-refractivity contribution is 0.579. The fourth-order valence-electron chi connectivity index (χ4n) is 0.673. The van der Waals surface area contributed by atoms with Crippen LogP contribution in [0.1, 0.15) is 12.8 Å². The highest BCUT2D eigenvalue weighted by Crippen LogP contribution is 1.95. The first-order valence-electron chi connectivity index (χ1n) is 3.86. The minimum Gasteiger partial charge on any atom is -0.329 e. The van der Waals surface area contributed by atoms with E-state index < -0.39 is 10.0 Å². The molecule has 0 aromatic rings. The molecule has 0 fully saturated rings. The zero-order chi connectivity index (χ0) is 9.45. The second kappa shape index (κ2) is 6.65. The molecule has 0 saturated carbocycles. The number of nitrogens with two attached hydrogens (primary N) is 1. The lowest BCUT2D eigenvalue weighted by Crippen LogP contribution is -2.31. The molecule has 0 saturated heterocycles. The first-order valence-corrected chi connectivity index (χ1v) is 6.04. The van der Waals surface area contributed by atoms with Crippen molar-refractivity contribution in [2.24, 2.45) is 5.73 Å². The summed E-state index contributed by atoms with van der Waals surface area (Å²) in [6.45, 7) is 0.637. The summed E-state index contributed by atoms with van der Waals surface area (Å²) in [5.41, 5.74) is 5.14. The molecule has 0 rings (SSSR count). The van der Waals surface area contributed by atoms with Crippen molar-refractivity contribution < 1.29 is 8.42 Å². The third-order valence-electron chi connectivity index (χ3n) is 1.26. The van der Waals surface area contributed by atoms with Gasteiger partial charge in [0.15, 0.2) is 0 Å². The quantitative estimate of drug-likeness (QED) is 0.459. The fraction of sp³-hybridized carbons (Fsp3) is 1.00. The van der Waals surface area contributed by atoms with Gasteiger partial charge < -0.3 is 5.73 Å². The number of nitrogens with one attached hydrogen (secondary N) is 1. The van der Waals surface area contributed by atoms with Crippen LogP contribution in [0, 0.1) is 0 Å². The van der Waals surface area contributed by atoms with Gasteiger partial charge in [0.25, 0.3) is 0 Å². The molecular weight excluding hydrogens is 200 g/mol. The Morgan fingerprint density at radius 1 is 1.33 bits per heavy atom. The molecular formula is C6H15ClN2O2S. The maximum atomic E-state index is 11.1. The molecule has 0 radical (unpaired) electrons. The fourth-order valence-corrected chi connectivity index (χ4v) is 2.02. The smallest absolute Gasteiger partial charge is 0.211 e. The SMILES string of the molecule is NCCNS(=O)(=O)CCCCCl. The Morgan fingerprint density at radius 3 is 2.50 bits per heavy atom. The largest absolute Gasteiger partial charge is 0.329 e. The molecule has 74 valence electrons. The summed E-state index contributed by atoms with van der Waals surface area (Å²) < 4.78 is 24.5. The van der Waals surface area contributed by atoms with Gasteiger partial charge >= 0.3 is 0 Å². The first kappa shape index (κ1) is 12.2. The minimum atomic E-state index is -3.10. The molecule has 0 aromatic heterocycles. The van der Waals surface area contributed by atoms with Crippen molar-refractivity contribution in [1.29, 1.82) is 0 Å². The zero-order valence-corrected chi connectivity index (χ0v) is 8.50. The van der Waals surface area contributed by atoms with E-state index in [4.69, 9.17) is 17.3 Å². The Morgan fingerprint density at radius 2 is 2.00 bits per heavy atom. The van der Waals surface area contributed by atoms with E-state index in [1.54, 1.807) is 0 Å². The molecule has 0 aliphatic carbocycles. The van der Waals surface area contributed by atoms with Gasteiger partial charge in [0, 0.05) is 19.0 Å². The molecule has 0 spiro atoms. The van der Waals surface area contributed by atoms with Crippen LogP contribution in [0.4, 0.5) is 0 Å². The highest BCUT2D eigenvalue weighted by molar-refractivity contribution is 7.89. The summed E-state index contributed by atoms with van der Waals surface area (Å²) in [7, 11) is -3.10. The highest BCUT2D eigenvalue weighted by Gasteiger charge is 2.07. The number of unbranched alkanes of at least 4 members (excludes halogenated alkanes) is 1. The van der Waals surface area contributed by atoms with Crippen LogP contribution >= 0.6 is 11.6 Å². The Labute approximate surface area is 78.5 Å². The maximum absolute atomic E-state index is 11.1. The molecule has 0 unspecified atom stereocenters. The molecule has 12 heavy (non-hydrogen) atoms. The number of hydrogen-bond acceptors (Lipinski definition) is 3. The molecule has 4 nitrogen and oxygen atoms in total.